The molecule has 0 aliphatic heterocycles. The summed E-state index contributed by atoms with van der Waals surface area (Å²) in [6.45, 7) is 5.93. The first-order valence-corrected chi connectivity index (χ1v) is 7.52. The molecule has 0 saturated heterocycles. The van der Waals surface area contributed by atoms with Crippen molar-refractivity contribution in [3.05, 3.63) is 41.3 Å². The van der Waals surface area contributed by atoms with Crippen LogP contribution in [0.4, 0.5) is 5.82 Å². The molecule has 2 aromatic heterocycles. The molecule has 2 heterocycles. The van der Waals surface area contributed by atoms with Crippen molar-refractivity contribution in [2.24, 2.45) is 7.05 Å². The monoisotopic (exact) mass is 322 g/mol. The van der Waals surface area contributed by atoms with E-state index in [2.05, 4.69) is 50.8 Å². The number of aromatic nitrogens is 3. The lowest BCUT2D eigenvalue weighted by Crippen LogP contribution is -2.25. The molecule has 0 radical (unpaired) electrons. The minimum absolute atomic E-state index is 0.802. The van der Waals surface area contributed by atoms with Gasteiger partial charge in [0, 0.05) is 30.7 Å². The molecule has 4 nitrogen and oxygen atoms in total. The largest absolute Gasteiger partial charge is 0.351 e. The number of pyridine rings is 1. The zero-order chi connectivity index (χ0) is 13.8. The molecule has 5 heteroatoms. The summed E-state index contributed by atoms with van der Waals surface area (Å²) >= 11 is 3.56. The minimum atomic E-state index is 0.802. The molecule has 0 amide bonds. The van der Waals surface area contributed by atoms with Crippen molar-refractivity contribution in [3.63, 3.8) is 0 Å². The number of rotatable bonds is 5. The Labute approximate surface area is 122 Å². The number of alkyl halides is 1. The second-order valence-electron chi connectivity index (χ2n) is 4.48. The molecule has 0 fully saturated rings. The molecule has 0 aliphatic carbocycles. The number of hydrogen-bond donors (Lipinski definition) is 0. The Morgan fingerprint density at radius 3 is 2.74 bits per heavy atom. The smallest absolute Gasteiger partial charge is 0.131 e. The van der Waals surface area contributed by atoms with Gasteiger partial charge in [-0.25, -0.2) is 0 Å². The lowest BCUT2D eigenvalue weighted by molar-refractivity contribution is 0.699. The molecular weight excluding hydrogens is 304 g/mol. The van der Waals surface area contributed by atoms with Crippen molar-refractivity contribution < 1.29 is 0 Å². The minimum Gasteiger partial charge on any atom is -0.351 e. The Balaban J connectivity index is 2.32. The summed E-state index contributed by atoms with van der Waals surface area (Å²) in [7, 11) is 2.00. The molecule has 102 valence electrons. The average molecular weight is 323 g/mol. The van der Waals surface area contributed by atoms with Crippen molar-refractivity contribution in [2.45, 2.75) is 25.7 Å². The molecule has 2 aromatic rings. The van der Waals surface area contributed by atoms with Crippen LogP contribution in [0.3, 0.4) is 0 Å². The van der Waals surface area contributed by atoms with E-state index in [9.17, 15) is 0 Å². The van der Waals surface area contributed by atoms with Gasteiger partial charge in [0.1, 0.15) is 5.82 Å². The summed E-state index contributed by atoms with van der Waals surface area (Å²) in [5.74, 6) is 1.17. The van der Waals surface area contributed by atoms with Gasteiger partial charge in [0.25, 0.3) is 0 Å². The van der Waals surface area contributed by atoms with Gasteiger partial charge < -0.3 is 4.90 Å². The summed E-state index contributed by atoms with van der Waals surface area (Å²) < 4.78 is 1.96. The fourth-order valence-electron chi connectivity index (χ4n) is 2.27. The van der Waals surface area contributed by atoms with E-state index in [1.807, 2.05) is 30.1 Å². The zero-order valence-corrected chi connectivity index (χ0v) is 13.2. The second kappa shape index (κ2) is 6.19. The molecule has 19 heavy (non-hydrogen) atoms. The number of aryl methyl sites for hydroxylation is 2. The van der Waals surface area contributed by atoms with E-state index in [1.165, 1.54) is 11.4 Å². The Morgan fingerprint density at radius 1 is 1.37 bits per heavy atom. The fraction of sp³-hybridized carbons (Fsp3) is 0.429. The quantitative estimate of drug-likeness (QED) is 0.793. The number of nitrogens with zero attached hydrogens (tertiary/aromatic N) is 4. The predicted molar refractivity (Wildman–Crippen MR) is 81.5 cm³/mol. The summed E-state index contributed by atoms with van der Waals surface area (Å²) in [6.07, 6.45) is 1.84. The predicted octanol–water partition coefficient (Wildman–Crippen LogP) is 3.04. The first-order valence-electron chi connectivity index (χ1n) is 6.40. The van der Waals surface area contributed by atoms with Crippen LogP contribution in [0.15, 0.2) is 24.4 Å². The molecule has 0 atom stereocenters. The highest BCUT2D eigenvalue weighted by Gasteiger charge is 2.18. The van der Waals surface area contributed by atoms with Gasteiger partial charge >= 0.3 is 0 Å². The lowest BCUT2D eigenvalue weighted by Gasteiger charge is -2.23. The third-order valence-electron chi connectivity index (χ3n) is 3.21. The second-order valence-corrected chi connectivity index (χ2v) is 5.04. The molecule has 0 N–H and O–H groups in total. The highest BCUT2D eigenvalue weighted by molar-refractivity contribution is 9.08. The summed E-state index contributed by atoms with van der Waals surface area (Å²) in [5.41, 5.74) is 3.40. The first-order chi connectivity index (χ1) is 9.17. The van der Waals surface area contributed by atoms with Gasteiger partial charge in [-0.1, -0.05) is 22.0 Å². The van der Waals surface area contributed by atoms with Gasteiger partial charge in [0.2, 0.25) is 0 Å². The van der Waals surface area contributed by atoms with Crippen molar-refractivity contribution >= 4 is 21.7 Å². The first kappa shape index (κ1) is 14.1. The lowest BCUT2D eigenvalue weighted by atomic mass is 10.2. The standard InChI is InChI=1S/C14H19BrN4/c1-4-19(10-12-7-5-6-8-16-12)14-13(9-15)11(2)17-18(14)3/h5-8H,4,9-10H2,1-3H3. The van der Waals surface area contributed by atoms with Gasteiger partial charge in [0.05, 0.1) is 17.9 Å². The Morgan fingerprint density at radius 2 is 2.16 bits per heavy atom. The zero-order valence-electron chi connectivity index (χ0n) is 11.6. The van der Waals surface area contributed by atoms with Gasteiger partial charge in [-0.05, 0) is 26.0 Å². The van der Waals surface area contributed by atoms with Crippen LogP contribution in [0, 0.1) is 6.92 Å². The highest BCUT2D eigenvalue weighted by Crippen LogP contribution is 2.26. The molecule has 0 saturated carbocycles. The molecule has 0 spiro atoms. The van der Waals surface area contributed by atoms with Crippen LogP contribution in [0.1, 0.15) is 23.9 Å². The van der Waals surface area contributed by atoms with E-state index in [0.717, 1.165) is 29.8 Å². The molecule has 0 aromatic carbocycles. The topological polar surface area (TPSA) is 34.0 Å². The summed E-state index contributed by atoms with van der Waals surface area (Å²) in [4.78, 5) is 6.71. The molecule has 2 rings (SSSR count). The SMILES string of the molecule is CCN(Cc1ccccn1)c1c(CBr)c(C)nn1C. The van der Waals surface area contributed by atoms with Crippen molar-refractivity contribution in [1.29, 1.82) is 0 Å². The van der Waals surface area contributed by atoms with E-state index in [4.69, 9.17) is 0 Å². The maximum Gasteiger partial charge on any atom is 0.131 e. The highest BCUT2D eigenvalue weighted by atomic mass is 79.9. The fourth-order valence-corrected chi connectivity index (χ4v) is 2.92. The van der Waals surface area contributed by atoms with E-state index >= 15 is 0 Å². The van der Waals surface area contributed by atoms with Crippen LogP contribution >= 0.6 is 15.9 Å². The van der Waals surface area contributed by atoms with Crippen LogP contribution in [0.25, 0.3) is 0 Å². The van der Waals surface area contributed by atoms with Gasteiger partial charge in [-0.3, -0.25) is 9.67 Å². The van der Waals surface area contributed by atoms with Crippen LogP contribution in [-0.2, 0) is 18.9 Å². The van der Waals surface area contributed by atoms with Crippen LogP contribution in [0.5, 0.6) is 0 Å². The Bertz CT molecular complexity index is 536. The van der Waals surface area contributed by atoms with Gasteiger partial charge in [-0.2, -0.15) is 5.10 Å². The van der Waals surface area contributed by atoms with Crippen molar-refractivity contribution in [1.82, 2.24) is 14.8 Å². The molecule has 0 aliphatic rings. The third kappa shape index (κ3) is 2.97. The number of halogens is 1. The third-order valence-corrected chi connectivity index (χ3v) is 3.77. The summed E-state index contributed by atoms with van der Waals surface area (Å²) in [6, 6.07) is 6.02. The Kier molecular flexibility index (Phi) is 4.58. The van der Waals surface area contributed by atoms with E-state index in [-0.39, 0.29) is 0 Å². The maximum atomic E-state index is 4.52. The van der Waals surface area contributed by atoms with Crippen LogP contribution in [0.2, 0.25) is 0 Å². The van der Waals surface area contributed by atoms with Gasteiger partial charge in [0.15, 0.2) is 0 Å². The molecular formula is C14H19BrN4. The van der Waals surface area contributed by atoms with Crippen molar-refractivity contribution in [2.75, 3.05) is 11.4 Å². The average Bonchev–Trinajstić information content (AvgIpc) is 2.71. The van der Waals surface area contributed by atoms with E-state index in [1.54, 1.807) is 0 Å². The van der Waals surface area contributed by atoms with Crippen molar-refractivity contribution in [3.8, 4) is 0 Å². The summed E-state index contributed by atoms with van der Waals surface area (Å²) in [5, 5.41) is 5.34. The number of hydrogen-bond acceptors (Lipinski definition) is 3. The Hall–Kier alpha value is -1.36. The van der Waals surface area contributed by atoms with E-state index < -0.39 is 0 Å². The normalized spacial score (nSPS) is 10.7. The molecule has 0 unspecified atom stereocenters. The molecule has 0 bridgehead atoms. The number of anilines is 1. The van der Waals surface area contributed by atoms with Crippen LogP contribution in [-0.4, -0.2) is 21.3 Å². The van der Waals surface area contributed by atoms with E-state index in [0.29, 0.717) is 0 Å². The van der Waals surface area contributed by atoms with Crippen LogP contribution < -0.4 is 4.90 Å². The van der Waals surface area contributed by atoms with Gasteiger partial charge in [-0.15, -0.1) is 0 Å². The maximum absolute atomic E-state index is 4.52.